The molecule has 3 heterocycles. The molecule has 0 radical (unpaired) electrons. The summed E-state index contributed by atoms with van der Waals surface area (Å²) in [6.07, 6.45) is -8.18. The van der Waals surface area contributed by atoms with Crippen LogP contribution >= 0.6 is 0 Å². The molecular formula is C39H72N2O14S. The fourth-order valence-corrected chi connectivity index (χ4v) is 8.97. The number of hydrogen-bond acceptors (Lipinski definition) is 16. The first-order valence-electron chi connectivity index (χ1n) is 19.8. The Balaban J connectivity index is 2.25. The van der Waals surface area contributed by atoms with E-state index in [9.17, 15) is 34.5 Å². The summed E-state index contributed by atoms with van der Waals surface area (Å²) >= 11 is 0. The van der Waals surface area contributed by atoms with Gasteiger partial charge in [0, 0.05) is 43.6 Å². The number of esters is 1. The Hall–Kier alpha value is -1.35. The second-order valence-electron chi connectivity index (χ2n) is 17.4. The minimum atomic E-state index is -1.98. The fourth-order valence-electron chi connectivity index (χ4n) is 8.77. The molecule has 0 aromatic rings. The maximum absolute atomic E-state index is 14.3. The van der Waals surface area contributed by atoms with E-state index in [2.05, 4.69) is 5.16 Å². The van der Waals surface area contributed by atoms with E-state index in [4.69, 9.17) is 33.3 Å². The number of hydrogen-bond donors (Lipinski definition) is 5. The molecule has 0 aromatic carbocycles. The zero-order valence-electron chi connectivity index (χ0n) is 35.9. The number of carbonyl (C=O) groups is 1. The summed E-state index contributed by atoms with van der Waals surface area (Å²) in [6.45, 7) is 16.8. The molecule has 0 amide bonds. The van der Waals surface area contributed by atoms with Crippen LogP contribution in [0.3, 0.4) is 0 Å². The van der Waals surface area contributed by atoms with Crippen LogP contribution in [0.1, 0.15) is 94.9 Å². The van der Waals surface area contributed by atoms with Crippen molar-refractivity contribution in [3.8, 4) is 0 Å². The van der Waals surface area contributed by atoms with Crippen LogP contribution < -0.4 is 0 Å². The van der Waals surface area contributed by atoms with Crippen molar-refractivity contribution in [2.75, 3.05) is 33.4 Å². The molecule has 0 spiro atoms. The van der Waals surface area contributed by atoms with Gasteiger partial charge in [-0.2, -0.15) is 0 Å². The number of aliphatic hydroxyl groups excluding tert-OH is 3. The van der Waals surface area contributed by atoms with E-state index in [1.807, 2.05) is 25.9 Å². The van der Waals surface area contributed by atoms with Gasteiger partial charge in [-0.25, -0.2) is 0 Å². The number of aliphatic hydroxyl groups is 5. The summed E-state index contributed by atoms with van der Waals surface area (Å²) in [4.78, 5) is 21.6. The summed E-state index contributed by atoms with van der Waals surface area (Å²) < 4.78 is 49.4. The third-order valence-electron chi connectivity index (χ3n) is 12.2. The molecule has 3 aliphatic heterocycles. The van der Waals surface area contributed by atoms with E-state index < -0.39 is 113 Å². The molecule has 3 aliphatic rings. The molecular weight excluding hydrogens is 752 g/mol. The third kappa shape index (κ3) is 11.3. The number of carbonyl (C=O) groups excluding carboxylic acids is 1. The molecule has 3 unspecified atom stereocenters. The lowest BCUT2D eigenvalue weighted by Gasteiger charge is -2.49. The molecule has 17 heteroatoms. The first kappa shape index (κ1) is 49.0. The van der Waals surface area contributed by atoms with Gasteiger partial charge in [0.25, 0.3) is 0 Å². The number of ether oxygens (including phenoxy) is 6. The van der Waals surface area contributed by atoms with Crippen LogP contribution in [0.5, 0.6) is 0 Å². The van der Waals surface area contributed by atoms with E-state index in [0.29, 0.717) is 6.42 Å². The van der Waals surface area contributed by atoms with Gasteiger partial charge in [-0.1, -0.05) is 32.9 Å². The van der Waals surface area contributed by atoms with Gasteiger partial charge in [0.15, 0.2) is 18.5 Å². The van der Waals surface area contributed by atoms with Crippen molar-refractivity contribution in [2.45, 2.75) is 179 Å². The second-order valence-corrected chi connectivity index (χ2v) is 18.8. The van der Waals surface area contributed by atoms with Gasteiger partial charge >= 0.3 is 5.97 Å². The number of likely N-dealkylation sites (N-methyl/N-ethyl adjacent to an activating group) is 1. The molecule has 0 bridgehead atoms. The average molecular weight is 825 g/mol. The van der Waals surface area contributed by atoms with Crippen molar-refractivity contribution in [2.24, 2.45) is 28.8 Å². The van der Waals surface area contributed by atoms with Crippen LogP contribution in [0.25, 0.3) is 0 Å². The molecule has 56 heavy (non-hydrogen) atoms. The van der Waals surface area contributed by atoms with Crippen LogP contribution in [0.15, 0.2) is 5.16 Å². The normalized spacial score (nSPS) is 47.6. The van der Waals surface area contributed by atoms with Crippen LogP contribution in [-0.2, 0) is 48.9 Å². The quantitative estimate of drug-likeness (QED) is 0.157. The Bertz CT molecular complexity index is 1340. The Morgan fingerprint density at radius 1 is 0.946 bits per heavy atom. The van der Waals surface area contributed by atoms with Crippen molar-refractivity contribution in [3.05, 3.63) is 0 Å². The molecule has 16 nitrogen and oxygen atoms in total. The average Bonchev–Trinajstić information content (AvgIpc) is 3.11. The van der Waals surface area contributed by atoms with Gasteiger partial charge in [0.05, 0.1) is 64.2 Å². The highest BCUT2D eigenvalue weighted by Crippen LogP contribution is 2.41. The Labute approximate surface area is 336 Å². The molecule has 0 aromatic heterocycles. The lowest BCUT2D eigenvalue weighted by Crippen LogP contribution is -2.61. The molecule has 5 N–H and O–H groups in total. The highest BCUT2D eigenvalue weighted by Gasteiger charge is 2.53. The van der Waals surface area contributed by atoms with E-state index in [-0.39, 0.29) is 43.1 Å². The molecule has 3 saturated heterocycles. The van der Waals surface area contributed by atoms with Gasteiger partial charge in [0.1, 0.15) is 23.9 Å². The van der Waals surface area contributed by atoms with Crippen LogP contribution in [0.4, 0.5) is 0 Å². The first-order chi connectivity index (χ1) is 25.8. The monoisotopic (exact) mass is 824 g/mol. The van der Waals surface area contributed by atoms with Gasteiger partial charge in [-0.3, -0.25) is 9.00 Å². The predicted octanol–water partition coefficient (Wildman–Crippen LogP) is 1.93. The number of oxime groups is 1. The second kappa shape index (κ2) is 19.8. The molecule has 328 valence electrons. The molecule has 0 saturated carbocycles. The fraction of sp³-hybridized carbons (Fsp3) is 0.949. The largest absolute Gasteiger partial charge is 0.459 e. The third-order valence-corrected chi connectivity index (χ3v) is 12.7. The molecule has 3 fully saturated rings. The minimum Gasteiger partial charge on any atom is -0.459 e. The van der Waals surface area contributed by atoms with E-state index in [0.717, 1.165) is 0 Å². The summed E-state index contributed by atoms with van der Waals surface area (Å²) in [6, 6.07) is -0.334. The Kier molecular flexibility index (Phi) is 17.3. The Morgan fingerprint density at radius 3 is 2.12 bits per heavy atom. The lowest BCUT2D eigenvalue weighted by atomic mass is 9.73. The topological polar surface area (TPSA) is 215 Å². The van der Waals surface area contributed by atoms with Crippen molar-refractivity contribution in [3.63, 3.8) is 0 Å². The highest BCUT2D eigenvalue weighted by atomic mass is 32.2. The van der Waals surface area contributed by atoms with Gasteiger partial charge < -0.3 is 63.7 Å². The van der Waals surface area contributed by atoms with Crippen molar-refractivity contribution in [1.29, 1.82) is 0 Å². The summed E-state index contributed by atoms with van der Waals surface area (Å²) in [7, 11) is 3.82. The first-order valence-corrected chi connectivity index (χ1v) is 21.6. The summed E-state index contributed by atoms with van der Waals surface area (Å²) in [5.41, 5.74) is -4.57. The zero-order valence-corrected chi connectivity index (χ0v) is 36.7. The number of cyclic esters (lactones) is 1. The summed E-state index contributed by atoms with van der Waals surface area (Å²) in [5, 5.41) is 63.2. The number of methoxy groups -OCH3 is 1. The van der Waals surface area contributed by atoms with Crippen LogP contribution in [0, 0.1) is 23.7 Å². The number of nitrogens with zero attached hydrogens (tertiary/aromatic N) is 2. The van der Waals surface area contributed by atoms with Crippen molar-refractivity contribution >= 4 is 22.5 Å². The van der Waals surface area contributed by atoms with E-state index >= 15 is 0 Å². The maximum atomic E-state index is 14.3. The number of rotatable bonds is 10. The van der Waals surface area contributed by atoms with Gasteiger partial charge in [-0.15, -0.1) is 0 Å². The standard InChI is InChI=1S/C39H72N2O14S/c1-15-27-39(10,47)32(43)22(4)29(40-50-19-56(14)48)20(2)17-37(8,46)34(55-36-30(42)26(41(11)12)16-21(3)51-36)23(5)31(24(6)35(45)53-27)54-28-18-38(9,49-13)33(44)25(7)52-28/h20-28,30-34,36,42-44,46-47H,15-19H2,1-14H3/b40-29+/t20-,21-,22+,23+,24-,25+,26+,27?,28+,30-,31?,32-,33+,34-,36+,37-,38-,39-,56?/m1/s1. The smallest absolute Gasteiger partial charge is 0.311 e. The van der Waals surface area contributed by atoms with Crippen molar-refractivity contribution < 1.29 is 67.8 Å². The maximum Gasteiger partial charge on any atom is 0.311 e. The molecule has 19 atom stereocenters. The van der Waals surface area contributed by atoms with Crippen LogP contribution in [0.2, 0.25) is 0 Å². The lowest BCUT2D eigenvalue weighted by molar-refractivity contribution is -0.317. The summed E-state index contributed by atoms with van der Waals surface area (Å²) in [5.74, 6) is -4.46. The van der Waals surface area contributed by atoms with E-state index in [1.54, 1.807) is 55.4 Å². The Morgan fingerprint density at radius 2 is 1.57 bits per heavy atom. The van der Waals surface area contributed by atoms with Crippen molar-refractivity contribution in [1.82, 2.24) is 4.90 Å². The van der Waals surface area contributed by atoms with Crippen LogP contribution in [-0.4, -0.2) is 164 Å². The van der Waals surface area contributed by atoms with Gasteiger partial charge in [0.2, 0.25) is 0 Å². The highest BCUT2D eigenvalue weighted by molar-refractivity contribution is 7.84. The SMILES string of the molecule is CCC1OC(=O)[C@H](C)C(O[C@H]2C[C@@](C)(OC)[C@@H](O)[C@H](C)O2)[C@H](C)[C@@H](O[C@@H]2O[C@H](C)C[C@H](N(C)C)[C@H]2O)[C@](C)(O)C[C@@H](C)/C(=N\OCS(C)=O)[C@H](C)[C@@H](O)[C@]1(C)O. The molecule has 3 rings (SSSR count). The van der Waals surface area contributed by atoms with Gasteiger partial charge in [-0.05, 0) is 74.9 Å². The van der Waals surface area contributed by atoms with E-state index in [1.165, 1.54) is 20.3 Å². The predicted molar refractivity (Wildman–Crippen MR) is 209 cm³/mol. The zero-order chi connectivity index (χ0) is 42.7. The molecule has 0 aliphatic carbocycles. The minimum absolute atomic E-state index is 0.0538.